The quantitative estimate of drug-likeness (QED) is 0.871. The normalized spacial score (nSPS) is 12.6. The average Bonchev–Trinajstić information content (AvgIpc) is 2.98. The van der Waals surface area contributed by atoms with Gasteiger partial charge in [0.1, 0.15) is 11.6 Å². The van der Waals surface area contributed by atoms with Crippen molar-refractivity contribution in [3.05, 3.63) is 34.5 Å². The lowest BCUT2D eigenvalue weighted by atomic mass is 10.1. The van der Waals surface area contributed by atoms with Crippen molar-refractivity contribution in [2.75, 3.05) is 13.7 Å². The van der Waals surface area contributed by atoms with E-state index in [-0.39, 0.29) is 6.04 Å². The van der Waals surface area contributed by atoms with Crippen LogP contribution in [0.15, 0.2) is 23.8 Å². The largest absolute Gasteiger partial charge is 0.496 e. The number of thiophene rings is 1. The van der Waals surface area contributed by atoms with Crippen molar-refractivity contribution in [3.8, 4) is 5.75 Å². The lowest BCUT2D eigenvalue weighted by molar-refractivity contribution is 0.402. The Bertz CT molecular complexity index is 492. The van der Waals surface area contributed by atoms with E-state index < -0.39 is 0 Å². The van der Waals surface area contributed by atoms with Gasteiger partial charge in [0.25, 0.3) is 0 Å². The zero-order valence-corrected chi connectivity index (χ0v) is 11.8. The highest BCUT2D eigenvalue weighted by molar-refractivity contribution is 7.10. The van der Waals surface area contributed by atoms with Crippen molar-refractivity contribution >= 4 is 11.3 Å². The second kappa shape index (κ2) is 6.02. The van der Waals surface area contributed by atoms with Crippen molar-refractivity contribution in [1.82, 2.24) is 14.9 Å². The van der Waals surface area contributed by atoms with Gasteiger partial charge in [0.05, 0.1) is 18.0 Å². The van der Waals surface area contributed by atoms with Crippen LogP contribution in [0.5, 0.6) is 5.75 Å². The molecule has 0 aliphatic rings. The first kappa shape index (κ1) is 13.1. The Balaban J connectivity index is 2.21. The number of rotatable bonds is 6. The van der Waals surface area contributed by atoms with Crippen LogP contribution in [-0.2, 0) is 13.5 Å². The summed E-state index contributed by atoms with van der Waals surface area (Å²) in [6, 6.07) is 2.27. The number of hydrogen-bond donors (Lipinski definition) is 1. The first-order valence-electron chi connectivity index (χ1n) is 6.07. The molecule has 1 unspecified atom stereocenters. The van der Waals surface area contributed by atoms with Crippen molar-refractivity contribution in [1.29, 1.82) is 0 Å². The second-order valence-corrected chi connectivity index (χ2v) is 5.07. The Morgan fingerprint density at radius 1 is 1.56 bits per heavy atom. The van der Waals surface area contributed by atoms with Gasteiger partial charge in [-0.2, -0.15) is 0 Å². The SMILES string of the molecule is CCNC(Cc1nccn1C)c1sccc1OC. The molecule has 5 heteroatoms. The van der Waals surface area contributed by atoms with E-state index in [9.17, 15) is 0 Å². The van der Waals surface area contributed by atoms with Crippen LogP contribution >= 0.6 is 11.3 Å². The van der Waals surface area contributed by atoms with E-state index in [1.165, 1.54) is 4.88 Å². The molecule has 0 amide bonds. The molecule has 0 radical (unpaired) electrons. The maximum Gasteiger partial charge on any atom is 0.134 e. The fraction of sp³-hybridized carbons (Fsp3) is 0.462. The van der Waals surface area contributed by atoms with Crippen LogP contribution < -0.4 is 10.1 Å². The maximum absolute atomic E-state index is 5.41. The summed E-state index contributed by atoms with van der Waals surface area (Å²) in [6.07, 6.45) is 4.68. The van der Waals surface area contributed by atoms with Crippen molar-refractivity contribution in [2.24, 2.45) is 7.05 Å². The molecule has 0 saturated heterocycles. The Hall–Kier alpha value is -1.33. The lowest BCUT2D eigenvalue weighted by Gasteiger charge is -2.17. The van der Waals surface area contributed by atoms with Gasteiger partial charge >= 0.3 is 0 Å². The minimum Gasteiger partial charge on any atom is -0.496 e. The van der Waals surface area contributed by atoms with Gasteiger partial charge in [-0.15, -0.1) is 11.3 Å². The summed E-state index contributed by atoms with van der Waals surface area (Å²) in [5.74, 6) is 2.04. The number of nitrogens with zero attached hydrogens (tertiary/aromatic N) is 2. The number of methoxy groups -OCH3 is 1. The van der Waals surface area contributed by atoms with E-state index in [0.29, 0.717) is 0 Å². The number of nitrogens with one attached hydrogen (secondary N) is 1. The maximum atomic E-state index is 5.41. The van der Waals surface area contributed by atoms with Gasteiger partial charge in [-0.05, 0) is 18.0 Å². The van der Waals surface area contributed by atoms with Crippen LogP contribution in [0.25, 0.3) is 0 Å². The highest BCUT2D eigenvalue weighted by Gasteiger charge is 2.18. The Labute approximate surface area is 112 Å². The van der Waals surface area contributed by atoms with Crippen molar-refractivity contribution < 1.29 is 4.74 Å². The van der Waals surface area contributed by atoms with E-state index in [1.807, 2.05) is 25.5 Å². The summed E-state index contributed by atoms with van der Waals surface area (Å²) in [5, 5.41) is 5.57. The molecule has 18 heavy (non-hydrogen) atoms. The van der Waals surface area contributed by atoms with Crippen molar-refractivity contribution in [3.63, 3.8) is 0 Å². The summed E-state index contributed by atoms with van der Waals surface area (Å²) in [4.78, 5) is 5.63. The number of aromatic nitrogens is 2. The number of hydrogen-bond acceptors (Lipinski definition) is 4. The van der Waals surface area contributed by atoms with Gasteiger partial charge in [-0.25, -0.2) is 4.98 Å². The molecule has 0 aromatic carbocycles. The average molecular weight is 265 g/mol. The zero-order chi connectivity index (χ0) is 13.0. The van der Waals surface area contributed by atoms with E-state index in [1.54, 1.807) is 18.4 Å². The molecule has 2 rings (SSSR count). The predicted molar refractivity (Wildman–Crippen MR) is 74.2 cm³/mol. The third kappa shape index (κ3) is 2.73. The standard InChI is InChI=1S/C13H19N3OS/c1-4-14-10(9-12-15-6-7-16(12)2)13-11(17-3)5-8-18-13/h5-8,10,14H,4,9H2,1-3H3. The van der Waals surface area contributed by atoms with Gasteiger partial charge in [0.2, 0.25) is 0 Å². The van der Waals surface area contributed by atoms with Gasteiger partial charge in [-0.3, -0.25) is 0 Å². The number of aryl methyl sites for hydroxylation is 1. The molecule has 0 spiro atoms. The smallest absolute Gasteiger partial charge is 0.134 e. The molecular formula is C13H19N3OS. The molecule has 1 atom stereocenters. The molecule has 0 saturated carbocycles. The molecule has 1 N–H and O–H groups in total. The topological polar surface area (TPSA) is 39.1 Å². The summed E-state index contributed by atoms with van der Waals surface area (Å²) in [7, 11) is 3.74. The van der Waals surface area contributed by atoms with Gasteiger partial charge < -0.3 is 14.6 Å². The summed E-state index contributed by atoms with van der Waals surface area (Å²) < 4.78 is 7.47. The minimum atomic E-state index is 0.256. The molecule has 0 aliphatic heterocycles. The van der Waals surface area contributed by atoms with Crippen LogP contribution in [0.3, 0.4) is 0 Å². The molecule has 2 heterocycles. The fourth-order valence-electron chi connectivity index (χ4n) is 2.01. The Morgan fingerprint density at radius 3 is 3.00 bits per heavy atom. The van der Waals surface area contributed by atoms with Gasteiger partial charge in [0.15, 0.2) is 0 Å². The Kier molecular flexibility index (Phi) is 4.38. The molecule has 2 aromatic rings. The Morgan fingerprint density at radius 2 is 2.39 bits per heavy atom. The van der Waals surface area contributed by atoms with E-state index in [0.717, 1.165) is 24.5 Å². The van der Waals surface area contributed by atoms with Crippen LogP contribution in [0.4, 0.5) is 0 Å². The first-order valence-corrected chi connectivity index (χ1v) is 6.95. The zero-order valence-electron chi connectivity index (χ0n) is 11.0. The first-order chi connectivity index (χ1) is 8.76. The third-order valence-corrected chi connectivity index (χ3v) is 3.96. The highest BCUT2D eigenvalue weighted by atomic mass is 32.1. The molecule has 0 bridgehead atoms. The number of ether oxygens (including phenoxy) is 1. The van der Waals surface area contributed by atoms with E-state index in [2.05, 4.69) is 27.2 Å². The summed E-state index contributed by atoms with van der Waals surface area (Å²) >= 11 is 1.73. The van der Waals surface area contributed by atoms with Crippen LogP contribution in [0, 0.1) is 0 Å². The van der Waals surface area contributed by atoms with Gasteiger partial charge in [0, 0.05) is 25.9 Å². The molecule has 2 aromatic heterocycles. The fourth-order valence-corrected chi connectivity index (χ4v) is 2.95. The second-order valence-electron chi connectivity index (χ2n) is 4.12. The van der Waals surface area contributed by atoms with E-state index in [4.69, 9.17) is 4.74 Å². The van der Waals surface area contributed by atoms with Crippen LogP contribution in [0.1, 0.15) is 23.7 Å². The molecule has 98 valence electrons. The van der Waals surface area contributed by atoms with Gasteiger partial charge in [-0.1, -0.05) is 6.92 Å². The summed E-state index contributed by atoms with van der Waals surface area (Å²) in [6.45, 7) is 3.04. The minimum absolute atomic E-state index is 0.256. The third-order valence-electron chi connectivity index (χ3n) is 2.95. The highest BCUT2D eigenvalue weighted by Crippen LogP contribution is 2.32. The van der Waals surface area contributed by atoms with Crippen LogP contribution in [0.2, 0.25) is 0 Å². The van der Waals surface area contributed by atoms with Crippen LogP contribution in [-0.4, -0.2) is 23.2 Å². The lowest BCUT2D eigenvalue weighted by Crippen LogP contribution is -2.23. The summed E-state index contributed by atoms with van der Waals surface area (Å²) in [5.41, 5.74) is 0. The monoisotopic (exact) mass is 265 g/mol. The number of likely N-dealkylation sites (N-methyl/N-ethyl adjacent to an activating group) is 1. The molecule has 0 fully saturated rings. The predicted octanol–water partition coefficient (Wildman–Crippen LogP) is 2.38. The molecular weight excluding hydrogens is 246 g/mol. The number of imidazole rings is 1. The van der Waals surface area contributed by atoms with Crippen molar-refractivity contribution in [2.45, 2.75) is 19.4 Å². The van der Waals surface area contributed by atoms with E-state index >= 15 is 0 Å². The molecule has 4 nitrogen and oxygen atoms in total. The molecule has 0 aliphatic carbocycles.